The molecule has 0 aromatic carbocycles. The highest BCUT2D eigenvalue weighted by molar-refractivity contribution is 5.70. The second-order valence-corrected chi connectivity index (χ2v) is 5.11. The van der Waals surface area contributed by atoms with Crippen molar-refractivity contribution in [1.29, 1.82) is 0 Å². The average Bonchev–Trinajstić information content (AvgIpc) is 2.29. The number of alkyl carbamates (subject to hydrolysis) is 1. The maximum atomic E-state index is 11.1. The predicted octanol–water partition coefficient (Wildman–Crippen LogP) is 2.17. The molecule has 3 heteroatoms. The minimum absolute atomic E-state index is 0.00803. The Balaban J connectivity index is 2.78. The fourth-order valence-corrected chi connectivity index (χ4v) is 1.67. The van der Waals surface area contributed by atoms with E-state index >= 15 is 0 Å². The van der Waals surface area contributed by atoms with E-state index in [1.54, 1.807) is 0 Å². The van der Waals surface area contributed by atoms with Gasteiger partial charge in [0.1, 0.15) is 6.10 Å². The molecule has 1 fully saturated rings. The number of hydrogen-bond donors (Lipinski definition) is 1. The number of carbonyl (C=O) groups excluding carboxylic acids is 1. The molecule has 0 saturated carbocycles. The molecule has 0 radical (unpaired) electrons. The van der Waals surface area contributed by atoms with Crippen molar-refractivity contribution in [2.75, 3.05) is 0 Å². The van der Waals surface area contributed by atoms with E-state index in [4.69, 9.17) is 4.74 Å². The van der Waals surface area contributed by atoms with Crippen LogP contribution in [0.4, 0.5) is 4.79 Å². The lowest BCUT2D eigenvalue weighted by atomic mass is 9.81. The van der Waals surface area contributed by atoms with Crippen molar-refractivity contribution in [3.05, 3.63) is 0 Å². The lowest BCUT2D eigenvalue weighted by molar-refractivity contribution is 0.0476. The average molecular weight is 185 g/mol. The van der Waals surface area contributed by atoms with Crippen LogP contribution in [0.2, 0.25) is 0 Å². The summed E-state index contributed by atoms with van der Waals surface area (Å²) < 4.78 is 5.25. The van der Waals surface area contributed by atoms with Crippen LogP contribution in [0.25, 0.3) is 0 Å². The molecule has 1 aliphatic rings. The molecular formula is C10H19NO2. The molecule has 0 aromatic rings. The van der Waals surface area contributed by atoms with E-state index in [0.29, 0.717) is 5.92 Å². The van der Waals surface area contributed by atoms with Gasteiger partial charge in [0.2, 0.25) is 0 Å². The van der Waals surface area contributed by atoms with Gasteiger partial charge in [-0.05, 0) is 5.92 Å². The van der Waals surface area contributed by atoms with E-state index in [9.17, 15) is 4.79 Å². The zero-order valence-electron chi connectivity index (χ0n) is 9.05. The van der Waals surface area contributed by atoms with Gasteiger partial charge in [-0.25, -0.2) is 4.79 Å². The molecule has 1 saturated heterocycles. The number of nitrogens with one attached hydrogen (secondary N) is 1. The van der Waals surface area contributed by atoms with E-state index in [1.807, 2.05) is 0 Å². The highest BCUT2D eigenvalue weighted by atomic mass is 16.6. The van der Waals surface area contributed by atoms with Crippen molar-refractivity contribution >= 4 is 6.09 Å². The van der Waals surface area contributed by atoms with Crippen LogP contribution in [0, 0.1) is 11.3 Å². The number of hydrogen-bond acceptors (Lipinski definition) is 2. The first-order valence-electron chi connectivity index (χ1n) is 4.79. The van der Waals surface area contributed by atoms with E-state index in [0.717, 1.165) is 0 Å². The van der Waals surface area contributed by atoms with Gasteiger partial charge in [-0.3, -0.25) is 0 Å². The van der Waals surface area contributed by atoms with Crippen molar-refractivity contribution < 1.29 is 9.53 Å². The Hall–Kier alpha value is -0.730. The summed E-state index contributed by atoms with van der Waals surface area (Å²) in [7, 11) is 0. The second-order valence-electron chi connectivity index (χ2n) is 5.11. The van der Waals surface area contributed by atoms with Gasteiger partial charge in [-0.1, -0.05) is 34.6 Å². The molecule has 1 heterocycles. The maximum Gasteiger partial charge on any atom is 0.407 e. The van der Waals surface area contributed by atoms with E-state index in [2.05, 4.69) is 39.9 Å². The Morgan fingerprint density at radius 3 is 2.23 bits per heavy atom. The normalized spacial score (nSPS) is 28.9. The van der Waals surface area contributed by atoms with E-state index in [1.165, 1.54) is 0 Å². The molecule has 1 rings (SSSR count). The Bertz CT molecular complexity index is 205. The van der Waals surface area contributed by atoms with Crippen LogP contribution in [-0.2, 0) is 4.74 Å². The zero-order chi connectivity index (χ0) is 10.2. The Morgan fingerprint density at radius 1 is 1.38 bits per heavy atom. The minimum atomic E-state index is -0.279. The fourth-order valence-electron chi connectivity index (χ4n) is 1.67. The number of cyclic esters (lactones) is 1. The van der Waals surface area contributed by atoms with E-state index in [-0.39, 0.29) is 23.7 Å². The predicted molar refractivity (Wildman–Crippen MR) is 51.5 cm³/mol. The minimum Gasteiger partial charge on any atom is -0.443 e. The quantitative estimate of drug-likeness (QED) is 0.680. The molecule has 13 heavy (non-hydrogen) atoms. The summed E-state index contributed by atoms with van der Waals surface area (Å²) >= 11 is 0. The van der Waals surface area contributed by atoms with Crippen molar-refractivity contribution in [3.8, 4) is 0 Å². The van der Waals surface area contributed by atoms with Gasteiger partial charge in [0.05, 0.1) is 6.04 Å². The largest absolute Gasteiger partial charge is 0.443 e. The number of carbonyl (C=O) groups is 1. The van der Waals surface area contributed by atoms with E-state index < -0.39 is 0 Å². The lowest BCUT2D eigenvalue weighted by Crippen LogP contribution is -2.42. The standard InChI is InChI=1S/C10H19NO2/c1-6(2)7-8(10(3,4)5)13-9(12)11-7/h6-8H,1-5H3,(H,11,12)/t7-,8-/m0/s1. The topological polar surface area (TPSA) is 38.3 Å². The monoisotopic (exact) mass is 185 g/mol. The fraction of sp³-hybridized carbons (Fsp3) is 0.900. The summed E-state index contributed by atoms with van der Waals surface area (Å²) in [4.78, 5) is 11.1. The molecule has 3 nitrogen and oxygen atoms in total. The highest BCUT2D eigenvalue weighted by Gasteiger charge is 2.42. The smallest absolute Gasteiger partial charge is 0.407 e. The summed E-state index contributed by atoms with van der Waals surface area (Å²) in [6.07, 6.45) is -0.293. The van der Waals surface area contributed by atoms with Crippen molar-refractivity contribution in [3.63, 3.8) is 0 Å². The van der Waals surface area contributed by atoms with Crippen LogP contribution < -0.4 is 5.32 Å². The van der Waals surface area contributed by atoms with Gasteiger partial charge in [-0.2, -0.15) is 0 Å². The summed E-state index contributed by atoms with van der Waals surface area (Å²) in [6.45, 7) is 10.5. The summed E-state index contributed by atoms with van der Waals surface area (Å²) in [5.41, 5.74) is 0.00803. The molecular weight excluding hydrogens is 166 g/mol. The molecule has 0 bridgehead atoms. The number of rotatable bonds is 1. The lowest BCUT2D eigenvalue weighted by Gasteiger charge is -2.31. The Morgan fingerprint density at radius 2 is 1.92 bits per heavy atom. The first-order chi connectivity index (χ1) is 5.82. The summed E-state index contributed by atoms with van der Waals surface area (Å²) in [5, 5.41) is 2.85. The summed E-state index contributed by atoms with van der Waals surface area (Å²) in [5.74, 6) is 0.413. The van der Waals surface area contributed by atoms with Gasteiger partial charge in [0, 0.05) is 5.41 Å². The van der Waals surface area contributed by atoms with Crippen LogP contribution >= 0.6 is 0 Å². The van der Waals surface area contributed by atoms with Crippen molar-refractivity contribution in [2.45, 2.75) is 46.8 Å². The van der Waals surface area contributed by atoms with Crippen LogP contribution in [0.5, 0.6) is 0 Å². The Kier molecular flexibility index (Phi) is 2.55. The number of ether oxygens (including phenoxy) is 1. The van der Waals surface area contributed by atoms with Gasteiger partial charge in [0.25, 0.3) is 0 Å². The SMILES string of the molecule is CC(C)[C@@H]1NC(=O)O[C@@H]1C(C)(C)C. The maximum absolute atomic E-state index is 11.1. The molecule has 2 atom stereocenters. The van der Waals surface area contributed by atoms with Gasteiger partial charge < -0.3 is 10.1 Å². The van der Waals surface area contributed by atoms with Crippen molar-refractivity contribution in [2.24, 2.45) is 11.3 Å². The van der Waals surface area contributed by atoms with Crippen molar-refractivity contribution in [1.82, 2.24) is 5.32 Å². The third-order valence-electron chi connectivity index (χ3n) is 2.42. The Labute approximate surface area is 79.8 Å². The van der Waals surface area contributed by atoms with Crippen LogP contribution in [0.15, 0.2) is 0 Å². The van der Waals surface area contributed by atoms with Gasteiger partial charge >= 0.3 is 6.09 Å². The molecule has 0 aromatic heterocycles. The first-order valence-corrected chi connectivity index (χ1v) is 4.79. The van der Waals surface area contributed by atoms with Gasteiger partial charge in [0.15, 0.2) is 0 Å². The molecule has 0 spiro atoms. The van der Waals surface area contributed by atoms with Crippen LogP contribution in [-0.4, -0.2) is 18.2 Å². The molecule has 1 aliphatic heterocycles. The molecule has 0 unspecified atom stereocenters. The summed E-state index contributed by atoms with van der Waals surface area (Å²) in [6, 6.07) is 0.146. The zero-order valence-corrected chi connectivity index (χ0v) is 9.05. The van der Waals surface area contributed by atoms with Crippen LogP contribution in [0.3, 0.4) is 0 Å². The molecule has 1 N–H and O–H groups in total. The molecule has 0 aliphatic carbocycles. The van der Waals surface area contributed by atoms with Crippen LogP contribution in [0.1, 0.15) is 34.6 Å². The first kappa shape index (κ1) is 10.4. The molecule has 76 valence electrons. The highest BCUT2D eigenvalue weighted by Crippen LogP contribution is 2.31. The third-order valence-corrected chi connectivity index (χ3v) is 2.42. The molecule has 1 amide bonds. The van der Waals surface area contributed by atoms with Gasteiger partial charge in [-0.15, -0.1) is 0 Å². The third kappa shape index (κ3) is 2.14. The second kappa shape index (κ2) is 3.20. The number of amides is 1.